The van der Waals surface area contributed by atoms with Gasteiger partial charge in [0.1, 0.15) is 41.8 Å². The molecule has 1 N–H and O–H groups in total. The van der Waals surface area contributed by atoms with Crippen molar-refractivity contribution in [2.45, 2.75) is 61.9 Å². The molecule has 0 amide bonds. The average Bonchev–Trinajstić information content (AvgIpc) is 3.67. The molecule has 2 aromatic carbocycles. The van der Waals surface area contributed by atoms with E-state index in [1.807, 2.05) is 24.3 Å². The van der Waals surface area contributed by atoms with E-state index in [-0.39, 0.29) is 41.5 Å². The number of rotatable bonds is 4. The predicted molar refractivity (Wildman–Crippen MR) is 160 cm³/mol. The Morgan fingerprint density at radius 2 is 2.09 bits per heavy atom. The van der Waals surface area contributed by atoms with Crippen LogP contribution in [-0.4, -0.2) is 82.5 Å². The number of pyridine rings is 1. The van der Waals surface area contributed by atoms with Crippen LogP contribution in [0.5, 0.6) is 11.9 Å². The molecule has 4 saturated heterocycles. The number of nitrogens with zero attached hydrogens (tertiary/aromatic N) is 6. The summed E-state index contributed by atoms with van der Waals surface area (Å²) in [7, 11) is 0. The van der Waals surface area contributed by atoms with Crippen LogP contribution >= 0.6 is 0 Å². The van der Waals surface area contributed by atoms with Gasteiger partial charge in [-0.3, -0.25) is 4.90 Å². The topological polar surface area (TPSA) is 99.4 Å². The van der Waals surface area contributed by atoms with Crippen molar-refractivity contribution in [3.05, 3.63) is 47.8 Å². The maximum Gasteiger partial charge on any atom is 0.319 e. The molecule has 0 radical (unpaired) electrons. The molecule has 3 unspecified atom stereocenters. The fourth-order valence-electron chi connectivity index (χ4n) is 8.37. The maximum absolute atomic E-state index is 16.9. The van der Waals surface area contributed by atoms with Crippen molar-refractivity contribution in [2.24, 2.45) is 0 Å². The van der Waals surface area contributed by atoms with Gasteiger partial charge in [0, 0.05) is 37.2 Å². The number of piperazine rings is 1. The van der Waals surface area contributed by atoms with Crippen LogP contribution in [0.25, 0.3) is 32.9 Å². The minimum atomic E-state index is -0.881. The van der Waals surface area contributed by atoms with E-state index >= 15 is 4.39 Å². The van der Waals surface area contributed by atoms with Gasteiger partial charge in [-0.15, -0.1) is 0 Å². The number of alkyl halides is 1. The summed E-state index contributed by atoms with van der Waals surface area (Å²) in [6.45, 7) is 2.61. The lowest BCUT2D eigenvalue weighted by Crippen LogP contribution is -2.60. The Balaban J connectivity index is 1.21. The molecule has 5 aliphatic heterocycles. The molecule has 4 fully saturated rings. The SMILES string of the molecule is N#Cc1ccc2c(-c3nc4c5c(nc(OC[C@@]67CCCN6C[C@H](F)C7)nc5c3F)N3CC5CCC(N5)C3CO4)cccc2c1. The van der Waals surface area contributed by atoms with Crippen LogP contribution in [-0.2, 0) is 0 Å². The summed E-state index contributed by atoms with van der Waals surface area (Å²) in [5.41, 5.74) is 0.936. The van der Waals surface area contributed by atoms with E-state index in [2.05, 4.69) is 26.2 Å². The second-order valence-corrected chi connectivity index (χ2v) is 12.9. The molecule has 0 spiro atoms. The molecule has 2 bridgehead atoms. The first-order chi connectivity index (χ1) is 21.5. The van der Waals surface area contributed by atoms with Gasteiger partial charge in [0.15, 0.2) is 5.82 Å². The summed E-state index contributed by atoms with van der Waals surface area (Å²) in [5, 5.41) is 15.1. The van der Waals surface area contributed by atoms with E-state index in [1.54, 1.807) is 12.1 Å². The van der Waals surface area contributed by atoms with Crippen LogP contribution in [0.15, 0.2) is 36.4 Å². The fraction of sp³-hybridized carbons (Fsp3) is 0.455. The van der Waals surface area contributed by atoms with Gasteiger partial charge in [-0.25, -0.2) is 13.8 Å². The number of hydrogen-bond donors (Lipinski definition) is 1. The van der Waals surface area contributed by atoms with E-state index in [4.69, 9.17) is 19.4 Å². The largest absolute Gasteiger partial charge is 0.475 e. The molecule has 2 aromatic heterocycles. The molecule has 224 valence electrons. The molecule has 0 aliphatic carbocycles. The lowest BCUT2D eigenvalue weighted by atomic mass is 9.95. The van der Waals surface area contributed by atoms with Crippen molar-refractivity contribution in [2.75, 3.05) is 37.7 Å². The van der Waals surface area contributed by atoms with Crippen LogP contribution in [0.2, 0.25) is 0 Å². The highest BCUT2D eigenvalue weighted by Crippen LogP contribution is 2.44. The van der Waals surface area contributed by atoms with E-state index in [0.29, 0.717) is 60.4 Å². The van der Waals surface area contributed by atoms with Crippen molar-refractivity contribution in [1.82, 2.24) is 25.2 Å². The summed E-state index contributed by atoms with van der Waals surface area (Å²) in [6, 6.07) is 13.7. The molecule has 7 heterocycles. The second-order valence-electron chi connectivity index (χ2n) is 12.9. The van der Waals surface area contributed by atoms with Gasteiger partial charge < -0.3 is 19.7 Å². The van der Waals surface area contributed by atoms with Gasteiger partial charge in [0.05, 0.1) is 23.2 Å². The maximum atomic E-state index is 16.9. The van der Waals surface area contributed by atoms with Gasteiger partial charge in [-0.2, -0.15) is 15.2 Å². The zero-order valence-corrected chi connectivity index (χ0v) is 24.1. The lowest BCUT2D eigenvalue weighted by molar-refractivity contribution is 0.107. The minimum absolute atomic E-state index is 0.00610. The average molecular weight is 596 g/mol. The Labute approximate surface area is 252 Å². The van der Waals surface area contributed by atoms with Gasteiger partial charge in [-0.05, 0) is 55.1 Å². The molecule has 4 aromatic rings. The van der Waals surface area contributed by atoms with Crippen molar-refractivity contribution in [3.8, 4) is 29.2 Å². The highest BCUT2D eigenvalue weighted by atomic mass is 19.1. The van der Waals surface area contributed by atoms with Crippen LogP contribution < -0.4 is 19.7 Å². The summed E-state index contributed by atoms with van der Waals surface area (Å²) in [5.74, 6) is 0.288. The molecule has 9 rings (SSSR count). The number of benzene rings is 2. The molecule has 5 aliphatic rings. The number of anilines is 1. The van der Waals surface area contributed by atoms with Gasteiger partial charge in [0.25, 0.3) is 0 Å². The van der Waals surface area contributed by atoms with Gasteiger partial charge >= 0.3 is 6.01 Å². The normalized spacial score (nSPS) is 28.9. The van der Waals surface area contributed by atoms with E-state index in [1.165, 1.54) is 0 Å². The van der Waals surface area contributed by atoms with Gasteiger partial charge in [0.2, 0.25) is 5.88 Å². The predicted octanol–water partition coefficient (Wildman–Crippen LogP) is 4.51. The zero-order chi connectivity index (χ0) is 29.6. The first kappa shape index (κ1) is 26.3. The van der Waals surface area contributed by atoms with Crippen LogP contribution in [0.3, 0.4) is 0 Å². The first-order valence-corrected chi connectivity index (χ1v) is 15.5. The zero-order valence-electron chi connectivity index (χ0n) is 24.1. The van der Waals surface area contributed by atoms with Crippen molar-refractivity contribution in [1.29, 1.82) is 5.26 Å². The van der Waals surface area contributed by atoms with E-state index < -0.39 is 12.0 Å². The van der Waals surface area contributed by atoms with E-state index in [0.717, 1.165) is 43.0 Å². The van der Waals surface area contributed by atoms with E-state index in [9.17, 15) is 9.65 Å². The smallest absolute Gasteiger partial charge is 0.319 e. The second kappa shape index (κ2) is 9.68. The third-order valence-corrected chi connectivity index (χ3v) is 10.4. The minimum Gasteiger partial charge on any atom is -0.475 e. The summed E-state index contributed by atoms with van der Waals surface area (Å²) < 4.78 is 44.0. The van der Waals surface area contributed by atoms with Crippen LogP contribution in [0.4, 0.5) is 14.6 Å². The Morgan fingerprint density at radius 1 is 1.16 bits per heavy atom. The summed E-state index contributed by atoms with van der Waals surface area (Å²) >= 11 is 0. The standard InChI is InChI=1S/C33H31F2N7O2/c34-20-12-33(9-2-10-41(33)14-20)17-44-32-39-29-26-30(40-32)42-15-21-6-8-24(37-21)25(42)16-43-31(26)38-28(27(29)35)23-4-1-3-19-11-18(13-36)5-7-22(19)23/h1,3-5,7,11,20-21,24-25,37H,2,6,8-10,12,14-17H2/t20-,21?,24?,25?,33+/m1/s1. The van der Waals surface area contributed by atoms with Crippen molar-refractivity contribution in [3.63, 3.8) is 0 Å². The number of hydrogen-bond acceptors (Lipinski definition) is 9. The molecule has 5 atom stereocenters. The first-order valence-electron chi connectivity index (χ1n) is 15.5. The lowest BCUT2D eigenvalue weighted by Gasteiger charge is -2.40. The molecule has 0 saturated carbocycles. The number of halogens is 2. The molecular weight excluding hydrogens is 564 g/mol. The molecular formula is C33H31F2N7O2. The molecule has 11 heteroatoms. The number of fused-ring (bicyclic) bond motifs is 7. The highest BCUT2D eigenvalue weighted by molar-refractivity contribution is 6.01. The third kappa shape index (κ3) is 3.90. The fourth-order valence-corrected chi connectivity index (χ4v) is 8.37. The number of ether oxygens (including phenoxy) is 2. The van der Waals surface area contributed by atoms with Crippen LogP contribution in [0, 0.1) is 17.1 Å². The number of aromatic nitrogens is 3. The monoisotopic (exact) mass is 595 g/mol. The van der Waals surface area contributed by atoms with Gasteiger partial charge in [-0.1, -0.05) is 24.3 Å². The Morgan fingerprint density at radius 3 is 3.00 bits per heavy atom. The van der Waals surface area contributed by atoms with Crippen molar-refractivity contribution >= 4 is 27.5 Å². The van der Waals surface area contributed by atoms with Crippen molar-refractivity contribution < 1.29 is 18.3 Å². The summed E-state index contributed by atoms with van der Waals surface area (Å²) in [6.07, 6.45) is 3.48. The Hall–Kier alpha value is -4.14. The number of nitrogens with one attached hydrogen (secondary N) is 1. The molecule has 9 nitrogen and oxygen atoms in total. The highest BCUT2D eigenvalue weighted by Gasteiger charge is 2.50. The molecule has 44 heavy (non-hydrogen) atoms. The summed E-state index contributed by atoms with van der Waals surface area (Å²) in [4.78, 5) is 18.8. The number of nitriles is 1. The Bertz CT molecular complexity index is 1880. The van der Waals surface area contributed by atoms with Crippen LogP contribution in [0.1, 0.15) is 37.7 Å². The quantitative estimate of drug-likeness (QED) is 0.365. The Kier molecular flexibility index (Phi) is 5.78. The third-order valence-electron chi connectivity index (χ3n) is 10.4.